The van der Waals surface area contributed by atoms with E-state index in [1.165, 1.54) is 7.11 Å². The lowest BCUT2D eigenvalue weighted by atomic mass is 9.96. The van der Waals surface area contributed by atoms with Crippen LogP contribution in [0.2, 0.25) is 0 Å². The zero-order valence-electron chi connectivity index (χ0n) is 17.4. The Morgan fingerprint density at radius 1 is 1.07 bits per heavy atom. The van der Waals surface area contributed by atoms with E-state index < -0.39 is 11.6 Å². The Morgan fingerprint density at radius 3 is 2.45 bits per heavy atom. The molecule has 0 aliphatic carbocycles. The van der Waals surface area contributed by atoms with Crippen LogP contribution in [0.5, 0.6) is 5.75 Å². The molecule has 3 rings (SSSR count). The van der Waals surface area contributed by atoms with Gasteiger partial charge in [-0.15, -0.1) is 0 Å². The fourth-order valence-electron chi connectivity index (χ4n) is 3.19. The van der Waals surface area contributed by atoms with E-state index >= 15 is 0 Å². The Labute approximate surface area is 171 Å². The third kappa shape index (κ3) is 5.28. The third-order valence-electron chi connectivity index (χ3n) is 4.61. The first kappa shape index (κ1) is 20.7. The molecule has 2 aromatic rings. The van der Waals surface area contributed by atoms with Gasteiger partial charge in [0, 0.05) is 13.1 Å². The van der Waals surface area contributed by atoms with Crippen molar-refractivity contribution in [1.29, 1.82) is 0 Å². The van der Waals surface area contributed by atoms with Crippen LogP contribution in [0.25, 0.3) is 0 Å². The summed E-state index contributed by atoms with van der Waals surface area (Å²) in [6.45, 7) is 6.82. The second-order valence-electron chi connectivity index (χ2n) is 8.03. The van der Waals surface area contributed by atoms with Gasteiger partial charge in [0.15, 0.2) is 0 Å². The molecule has 6 heteroatoms. The van der Waals surface area contributed by atoms with Crippen LogP contribution in [-0.2, 0) is 29.0 Å². The maximum Gasteiger partial charge on any atom is 0.410 e. The van der Waals surface area contributed by atoms with Gasteiger partial charge in [-0.3, -0.25) is 0 Å². The Hall–Kier alpha value is -3.02. The summed E-state index contributed by atoms with van der Waals surface area (Å²) < 4.78 is 16.4. The maximum atomic E-state index is 12.4. The molecule has 1 aliphatic heterocycles. The van der Waals surface area contributed by atoms with E-state index in [1.54, 1.807) is 4.90 Å². The van der Waals surface area contributed by atoms with Gasteiger partial charge in [0.1, 0.15) is 23.5 Å². The number of rotatable bonds is 4. The summed E-state index contributed by atoms with van der Waals surface area (Å²) in [5.41, 5.74) is 2.80. The van der Waals surface area contributed by atoms with Gasteiger partial charge in [0.2, 0.25) is 0 Å². The van der Waals surface area contributed by atoms with Gasteiger partial charge < -0.3 is 19.1 Å². The van der Waals surface area contributed by atoms with E-state index in [1.807, 2.05) is 63.2 Å². The van der Waals surface area contributed by atoms with Crippen molar-refractivity contribution in [3.05, 3.63) is 64.7 Å². The SMILES string of the molecule is COC(=O)c1cc2c(cc1OCc1ccccc1)CN(C(=O)OC(C)(C)C)CC2. The maximum absolute atomic E-state index is 12.4. The van der Waals surface area contributed by atoms with E-state index in [4.69, 9.17) is 14.2 Å². The number of hydrogen-bond donors (Lipinski definition) is 0. The summed E-state index contributed by atoms with van der Waals surface area (Å²) in [5, 5.41) is 0. The summed E-state index contributed by atoms with van der Waals surface area (Å²) >= 11 is 0. The van der Waals surface area contributed by atoms with Crippen molar-refractivity contribution in [3.8, 4) is 5.75 Å². The number of methoxy groups -OCH3 is 1. The number of carbonyl (C=O) groups is 2. The molecule has 0 atom stereocenters. The highest BCUT2D eigenvalue weighted by atomic mass is 16.6. The summed E-state index contributed by atoms with van der Waals surface area (Å²) in [6.07, 6.45) is 0.296. The van der Waals surface area contributed by atoms with Crippen molar-refractivity contribution in [2.75, 3.05) is 13.7 Å². The van der Waals surface area contributed by atoms with Crippen LogP contribution in [0, 0.1) is 0 Å². The van der Waals surface area contributed by atoms with Crippen molar-refractivity contribution in [1.82, 2.24) is 4.90 Å². The molecule has 0 N–H and O–H groups in total. The number of amides is 1. The van der Waals surface area contributed by atoms with Crippen LogP contribution >= 0.6 is 0 Å². The molecule has 29 heavy (non-hydrogen) atoms. The van der Waals surface area contributed by atoms with Crippen molar-refractivity contribution >= 4 is 12.1 Å². The van der Waals surface area contributed by atoms with E-state index in [0.29, 0.717) is 37.4 Å². The van der Waals surface area contributed by atoms with Crippen molar-refractivity contribution in [2.24, 2.45) is 0 Å². The summed E-state index contributed by atoms with van der Waals surface area (Å²) in [4.78, 5) is 26.4. The zero-order valence-corrected chi connectivity index (χ0v) is 17.4. The Balaban J connectivity index is 1.84. The fraction of sp³-hybridized carbons (Fsp3) is 0.391. The Bertz CT molecular complexity index is 886. The minimum atomic E-state index is -0.546. The summed E-state index contributed by atoms with van der Waals surface area (Å²) in [7, 11) is 1.35. The smallest absolute Gasteiger partial charge is 0.410 e. The standard InChI is InChI=1S/C23H27NO5/c1-23(2,3)29-22(26)24-11-10-17-12-19(21(25)27-4)20(13-18(17)14-24)28-15-16-8-6-5-7-9-16/h5-9,12-13H,10-11,14-15H2,1-4H3. The van der Waals surface area contributed by atoms with Gasteiger partial charge in [-0.25, -0.2) is 9.59 Å². The summed E-state index contributed by atoms with van der Waals surface area (Å²) in [5.74, 6) is 0.0101. The molecule has 2 aromatic carbocycles. The Kier molecular flexibility index (Phi) is 6.11. The molecule has 0 aromatic heterocycles. The molecule has 1 aliphatic rings. The van der Waals surface area contributed by atoms with Crippen LogP contribution in [-0.4, -0.2) is 36.2 Å². The first-order valence-corrected chi connectivity index (χ1v) is 9.65. The highest BCUT2D eigenvalue weighted by Gasteiger charge is 2.27. The van der Waals surface area contributed by atoms with Gasteiger partial charge in [-0.05, 0) is 56.0 Å². The molecule has 0 saturated carbocycles. The van der Waals surface area contributed by atoms with Gasteiger partial charge in [0.05, 0.1) is 7.11 Å². The quantitative estimate of drug-likeness (QED) is 0.718. The minimum absolute atomic E-state index is 0.333. The third-order valence-corrected chi connectivity index (χ3v) is 4.61. The van der Waals surface area contributed by atoms with Crippen molar-refractivity contribution in [2.45, 2.75) is 45.9 Å². The van der Waals surface area contributed by atoms with Gasteiger partial charge in [-0.2, -0.15) is 0 Å². The lowest BCUT2D eigenvalue weighted by molar-refractivity contribution is 0.0223. The summed E-state index contributed by atoms with van der Waals surface area (Å²) in [6, 6.07) is 13.4. The normalized spacial score (nSPS) is 13.4. The highest BCUT2D eigenvalue weighted by Crippen LogP contribution is 2.30. The predicted octanol–water partition coefficient (Wildman–Crippen LogP) is 4.35. The van der Waals surface area contributed by atoms with Crippen LogP contribution in [0.3, 0.4) is 0 Å². The van der Waals surface area contributed by atoms with Crippen LogP contribution in [0.1, 0.15) is 47.8 Å². The molecule has 0 bridgehead atoms. The molecule has 154 valence electrons. The molecule has 0 saturated heterocycles. The number of ether oxygens (including phenoxy) is 3. The fourth-order valence-corrected chi connectivity index (χ4v) is 3.19. The van der Waals surface area contributed by atoms with E-state index in [2.05, 4.69) is 0 Å². The second kappa shape index (κ2) is 8.55. The average Bonchev–Trinajstić information content (AvgIpc) is 2.70. The average molecular weight is 397 g/mol. The van der Waals surface area contributed by atoms with Crippen LogP contribution < -0.4 is 4.74 Å². The molecule has 1 heterocycles. The number of esters is 1. The van der Waals surface area contributed by atoms with Gasteiger partial charge in [-0.1, -0.05) is 30.3 Å². The number of carbonyl (C=O) groups excluding carboxylic acids is 2. The molecule has 0 fully saturated rings. The minimum Gasteiger partial charge on any atom is -0.488 e. The van der Waals surface area contributed by atoms with E-state index in [-0.39, 0.29) is 6.09 Å². The van der Waals surface area contributed by atoms with Gasteiger partial charge in [0.25, 0.3) is 0 Å². The topological polar surface area (TPSA) is 65.1 Å². The largest absolute Gasteiger partial charge is 0.488 e. The molecular formula is C23H27NO5. The van der Waals surface area contributed by atoms with E-state index in [0.717, 1.165) is 16.7 Å². The molecule has 1 amide bonds. The number of fused-ring (bicyclic) bond motifs is 1. The highest BCUT2D eigenvalue weighted by molar-refractivity contribution is 5.93. The van der Waals surface area contributed by atoms with Crippen LogP contribution in [0.4, 0.5) is 4.79 Å². The first-order chi connectivity index (χ1) is 13.8. The second-order valence-corrected chi connectivity index (χ2v) is 8.03. The molecule has 0 spiro atoms. The molecule has 0 radical (unpaired) electrons. The Morgan fingerprint density at radius 2 is 1.79 bits per heavy atom. The lowest BCUT2D eigenvalue weighted by Crippen LogP contribution is -2.40. The van der Waals surface area contributed by atoms with Crippen molar-refractivity contribution in [3.63, 3.8) is 0 Å². The van der Waals surface area contributed by atoms with E-state index in [9.17, 15) is 9.59 Å². The van der Waals surface area contributed by atoms with Crippen LogP contribution in [0.15, 0.2) is 42.5 Å². The lowest BCUT2D eigenvalue weighted by Gasteiger charge is -2.31. The molecule has 6 nitrogen and oxygen atoms in total. The monoisotopic (exact) mass is 397 g/mol. The zero-order chi connectivity index (χ0) is 21.0. The van der Waals surface area contributed by atoms with Gasteiger partial charge >= 0.3 is 12.1 Å². The molecule has 0 unspecified atom stereocenters. The predicted molar refractivity (Wildman–Crippen MR) is 109 cm³/mol. The number of nitrogens with zero attached hydrogens (tertiary/aromatic N) is 1. The van der Waals surface area contributed by atoms with Crippen molar-refractivity contribution < 1.29 is 23.8 Å². The number of benzene rings is 2. The molecular weight excluding hydrogens is 370 g/mol. The number of hydrogen-bond acceptors (Lipinski definition) is 5. The first-order valence-electron chi connectivity index (χ1n) is 9.65.